The molecular formula is C16H24N2O3S2. The number of hydrogen-bond donors (Lipinski definition) is 1. The Morgan fingerprint density at radius 3 is 2.04 bits per heavy atom. The molecular weight excluding hydrogens is 332 g/mol. The molecule has 2 heterocycles. The van der Waals surface area contributed by atoms with E-state index >= 15 is 0 Å². The van der Waals surface area contributed by atoms with E-state index in [0.29, 0.717) is 19.8 Å². The molecule has 0 aliphatic heterocycles. The van der Waals surface area contributed by atoms with Gasteiger partial charge in [0.15, 0.2) is 6.29 Å². The molecule has 5 nitrogen and oxygen atoms in total. The highest BCUT2D eigenvalue weighted by Crippen LogP contribution is 2.04. The van der Waals surface area contributed by atoms with E-state index < -0.39 is 0 Å². The maximum atomic E-state index is 9.88. The molecule has 23 heavy (non-hydrogen) atoms. The third kappa shape index (κ3) is 14.0. The summed E-state index contributed by atoms with van der Waals surface area (Å²) in [6.07, 6.45) is 2.73. The number of aldehydes is 1. The van der Waals surface area contributed by atoms with Gasteiger partial charge >= 0.3 is 0 Å². The number of nitrogens with zero attached hydrogens (tertiary/aromatic N) is 1. The lowest BCUT2D eigenvalue weighted by Crippen LogP contribution is -2.05. The molecule has 0 unspecified atom stereocenters. The van der Waals surface area contributed by atoms with Crippen LogP contribution in [0.5, 0.6) is 0 Å². The highest BCUT2D eigenvalue weighted by atomic mass is 32.1. The highest BCUT2D eigenvalue weighted by molar-refractivity contribution is 7.11. The summed E-state index contributed by atoms with van der Waals surface area (Å²) in [5.41, 5.74) is 5.01. The van der Waals surface area contributed by atoms with E-state index in [-0.39, 0.29) is 0 Å². The monoisotopic (exact) mass is 356 g/mol. The second kappa shape index (κ2) is 17.0. The van der Waals surface area contributed by atoms with Crippen molar-refractivity contribution < 1.29 is 14.3 Å². The summed E-state index contributed by atoms with van der Waals surface area (Å²) in [5.74, 6) is 0. The van der Waals surface area contributed by atoms with Gasteiger partial charge in [0.05, 0.1) is 24.6 Å². The number of carbonyl (C=O) groups is 1. The van der Waals surface area contributed by atoms with Crippen LogP contribution >= 0.6 is 22.7 Å². The Morgan fingerprint density at radius 2 is 1.70 bits per heavy atom. The predicted molar refractivity (Wildman–Crippen MR) is 99.3 cm³/mol. The van der Waals surface area contributed by atoms with Crippen LogP contribution in [-0.4, -0.2) is 53.0 Å². The van der Waals surface area contributed by atoms with Crippen LogP contribution in [0.4, 0.5) is 0 Å². The van der Waals surface area contributed by atoms with E-state index in [2.05, 4.69) is 9.73 Å². The maximum Gasteiger partial charge on any atom is 0.159 e. The van der Waals surface area contributed by atoms with Gasteiger partial charge in [0.2, 0.25) is 0 Å². The normalized spacial score (nSPS) is 9.70. The van der Waals surface area contributed by atoms with E-state index in [1.807, 2.05) is 35.2 Å². The molecule has 0 fully saturated rings. The van der Waals surface area contributed by atoms with Gasteiger partial charge in [0, 0.05) is 31.9 Å². The molecule has 7 heteroatoms. The molecule has 0 atom stereocenters. The smallest absolute Gasteiger partial charge is 0.159 e. The average Bonchev–Trinajstić information content (AvgIpc) is 3.27. The minimum atomic E-state index is 0.622. The minimum Gasteiger partial charge on any atom is -0.383 e. The van der Waals surface area contributed by atoms with Crippen LogP contribution in [0.15, 0.2) is 40.0 Å². The maximum absolute atomic E-state index is 9.88. The highest BCUT2D eigenvalue weighted by Gasteiger charge is 1.85. The summed E-state index contributed by atoms with van der Waals surface area (Å²) in [4.78, 5) is 16.0. The topological polar surface area (TPSA) is 73.9 Å². The zero-order valence-electron chi connectivity index (χ0n) is 13.5. The van der Waals surface area contributed by atoms with E-state index in [9.17, 15) is 4.79 Å². The molecule has 2 aromatic heterocycles. The summed E-state index contributed by atoms with van der Waals surface area (Å²) >= 11 is 3.15. The Kier molecular flexibility index (Phi) is 16.0. The van der Waals surface area contributed by atoms with Gasteiger partial charge in [-0.05, 0) is 22.9 Å². The number of nitrogens with two attached hydrogens (primary N) is 1. The summed E-state index contributed by atoms with van der Waals surface area (Å²) in [7, 11) is 3.31. The number of aliphatic imine (C=N–C) groups is 1. The predicted octanol–water partition coefficient (Wildman–Crippen LogP) is 2.97. The van der Waals surface area contributed by atoms with Crippen LogP contribution in [-0.2, 0) is 9.47 Å². The molecule has 128 valence electrons. The number of methoxy groups -OCH3 is 2. The van der Waals surface area contributed by atoms with Crippen LogP contribution in [0.2, 0.25) is 0 Å². The Morgan fingerprint density at radius 1 is 1.09 bits per heavy atom. The zero-order chi connectivity index (χ0) is 17.2. The van der Waals surface area contributed by atoms with Crippen LogP contribution in [0.3, 0.4) is 0 Å². The molecule has 0 aliphatic carbocycles. The quantitative estimate of drug-likeness (QED) is 0.470. The summed E-state index contributed by atoms with van der Waals surface area (Å²) in [6, 6.07) is 7.70. The first-order valence-electron chi connectivity index (χ1n) is 6.98. The number of ether oxygens (including phenoxy) is 2. The third-order valence-corrected chi connectivity index (χ3v) is 3.77. The SMILES string of the molecule is COCCN.COCCN=Cc1cccs1.O=Cc1cccs1. The molecule has 0 amide bonds. The molecule has 0 bridgehead atoms. The van der Waals surface area contributed by atoms with Crippen molar-refractivity contribution in [3.05, 3.63) is 44.8 Å². The molecule has 2 aromatic rings. The summed E-state index contributed by atoms with van der Waals surface area (Å²) in [6.45, 7) is 2.73. The van der Waals surface area contributed by atoms with Crippen molar-refractivity contribution in [3.8, 4) is 0 Å². The van der Waals surface area contributed by atoms with Crippen LogP contribution in [0.1, 0.15) is 14.5 Å². The van der Waals surface area contributed by atoms with Gasteiger partial charge in [-0.2, -0.15) is 0 Å². The van der Waals surface area contributed by atoms with Gasteiger partial charge in [0.25, 0.3) is 0 Å². The Hall–Kier alpha value is -1.38. The van der Waals surface area contributed by atoms with Gasteiger partial charge < -0.3 is 15.2 Å². The second-order valence-corrected chi connectivity index (χ2v) is 5.92. The van der Waals surface area contributed by atoms with Crippen molar-refractivity contribution in [1.29, 1.82) is 0 Å². The van der Waals surface area contributed by atoms with Crippen molar-refractivity contribution in [1.82, 2.24) is 0 Å². The number of hydrogen-bond acceptors (Lipinski definition) is 7. The lowest BCUT2D eigenvalue weighted by atomic mass is 10.5. The van der Waals surface area contributed by atoms with Gasteiger partial charge in [0.1, 0.15) is 0 Å². The Balaban J connectivity index is 0.000000347. The van der Waals surface area contributed by atoms with Crippen molar-refractivity contribution in [2.75, 3.05) is 40.5 Å². The zero-order valence-corrected chi connectivity index (χ0v) is 15.1. The molecule has 0 saturated carbocycles. The summed E-state index contributed by atoms with van der Waals surface area (Å²) in [5, 5.41) is 3.92. The fourth-order valence-corrected chi connectivity index (χ4v) is 2.27. The minimum absolute atomic E-state index is 0.622. The average molecular weight is 357 g/mol. The first-order valence-corrected chi connectivity index (χ1v) is 8.74. The first-order chi connectivity index (χ1) is 11.3. The number of carbonyl (C=O) groups excluding carboxylic acids is 1. The Bertz CT molecular complexity index is 483. The number of rotatable bonds is 7. The number of thiophene rings is 2. The molecule has 0 aliphatic rings. The van der Waals surface area contributed by atoms with Gasteiger partial charge in [-0.3, -0.25) is 9.79 Å². The van der Waals surface area contributed by atoms with Gasteiger partial charge in [-0.25, -0.2) is 0 Å². The third-order valence-electron chi connectivity index (χ3n) is 2.17. The molecule has 0 radical (unpaired) electrons. The first kappa shape index (κ1) is 21.6. The Labute approximate surface area is 145 Å². The van der Waals surface area contributed by atoms with Crippen molar-refractivity contribution in [3.63, 3.8) is 0 Å². The van der Waals surface area contributed by atoms with E-state index in [4.69, 9.17) is 10.5 Å². The van der Waals surface area contributed by atoms with Gasteiger partial charge in [-0.15, -0.1) is 22.7 Å². The summed E-state index contributed by atoms with van der Waals surface area (Å²) < 4.78 is 9.42. The van der Waals surface area contributed by atoms with Crippen LogP contribution in [0, 0.1) is 0 Å². The van der Waals surface area contributed by atoms with Crippen LogP contribution < -0.4 is 5.73 Å². The molecule has 2 N–H and O–H groups in total. The van der Waals surface area contributed by atoms with Crippen molar-refractivity contribution >= 4 is 35.2 Å². The fourth-order valence-electron chi connectivity index (χ4n) is 1.14. The van der Waals surface area contributed by atoms with Gasteiger partial charge in [-0.1, -0.05) is 12.1 Å². The molecule has 2 rings (SSSR count). The lowest BCUT2D eigenvalue weighted by Gasteiger charge is -1.89. The molecule has 0 spiro atoms. The second-order valence-electron chi connectivity index (χ2n) is 3.96. The van der Waals surface area contributed by atoms with Crippen molar-refractivity contribution in [2.45, 2.75) is 0 Å². The standard InChI is InChI=1S/C8H11NOS.C5H4OS.C3H9NO/c1-10-5-4-9-7-8-3-2-6-11-8;6-4-5-2-1-3-7-5;1-5-3-2-4/h2-3,6-7H,4-5H2,1H3;1-4H;2-4H2,1H3. The van der Waals surface area contributed by atoms with Crippen LogP contribution in [0.25, 0.3) is 0 Å². The van der Waals surface area contributed by atoms with E-state index in [1.165, 1.54) is 16.2 Å². The molecule has 0 aromatic carbocycles. The molecule has 0 saturated heterocycles. The van der Waals surface area contributed by atoms with Crippen molar-refractivity contribution in [2.24, 2.45) is 10.7 Å². The largest absolute Gasteiger partial charge is 0.383 e. The van der Waals surface area contributed by atoms with E-state index in [1.54, 1.807) is 31.6 Å². The van der Waals surface area contributed by atoms with E-state index in [0.717, 1.165) is 17.7 Å². The lowest BCUT2D eigenvalue weighted by molar-refractivity contribution is 0.112. The fraction of sp³-hybridized carbons (Fsp3) is 0.375.